The van der Waals surface area contributed by atoms with Crippen molar-refractivity contribution in [2.24, 2.45) is 11.5 Å². The van der Waals surface area contributed by atoms with Gasteiger partial charge in [-0.1, -0.05) is 12.1 Å². The van der Waals surface area contributed by atoms with Crippen molar-refractivity contribution in [1.82, 2.24) is 4.98 Å². The molecule has 1 heterocycles. The van der Waals surface area contributed by atoms with Crippen LogP contribution in [0.25, 0.3) is 21.8 Å². The molecule has 0 aliphatic carbocycles. The van der Waals surface area contributed by atoms with Gasteiger partial charge >= 0.3 is 0 Å². The molecule has 0 bridgehead atoms. The van der Waals surface area contributed by atoms with E-state index in [-0.39, 0.29) is 11.9 Å². The molecule has 1 aromatic heterocycles. The van der Waals surface area contributed by atoms with Crippen LogP contribution in [0.4, 0.5) is 11.4 Å². The van der Waals surface area contributed by atoms with Gasteiger partial charge < -0.3 is 22.1 Å². The van der Waals surface area contributed by atoms with Gasteiger partial charge in [-0.2, -0.15) is 0 Å². The van der Waals surface area contributed by atoms with Gasteiger partial charge in [-0.25, -0.2) is 4.98 Å². The predicted octanol–water partition coefficient (Wildman–Crippen LogP) is 3.09. The quantitative estimate of drug-likeness (QED) is 0.317. The highest BCUT2D eigenvalue weighted by atomic mass is 32.1. The number of anilines is 2. The molecule has 0 amide bonds. The molecule has 8 heteroatoms. The standard InChI is InChI=1S/C17H17N7S/c18-16(19)22-12-5-1-10(2-6-12)14-9-25-15(24-14)11-3-7-13(8-4-11)23-17(20)21/h1-9H,(H4,18,19,22)(H4,20,21,23). The largest absolute Gasteiger partial charge is 0.370 e. The van der Waals surface area contributed by atoms with E-state index in [0.29, 0.717) is 0 Å². The Kier molecular flexibility index (Phi) is 4.62. The van der Waals surface area contributed by atoms with Crippen LogP contribution in [-0.2, 0) is 0 Å². The number of thiazole rings is 1. The lowest BCUT2D eigenvalue weighted by Crippen LogP contribution is -2.20. The molecule has 126 valence electrons. The monoisotopic (exact) mass is 351 g/mol. The summed E-state index contributed by atoms with van der Waals surface area (Å²) < 4.78 is 0. The minimum atomic E-state index is -0.0913. The van der Waals surface area contributed by atoms with E-state index in [1.807, 2.05) is 53.9 Å². The molecule has 0 fully saturated rings. The topological polar surface area (TPSA) is 137 Å². The van der Waals surface area contributed by atoms with Gasteiger partial charge in [0.2, 0.25) is 0 Å². The third-order valence-electron chi connectivity index (χ3n) is 3.37. The van der Waals surface area contributed by atoms with Crippen LogP contribution in [0.15, 0.2) is 53.9 Å². The molecule has 3 aromatic rings. The number of rotatable bonds is 4. The van der Waals surface area contributed by atoms with E-state index in [0.717, 1.165) is 33.2 Å². The van der Waals surface area contributed by atoms with E-state index < -0.39 is 0 Å². The molecule has 0 radical (unpaired) electrons. The highest BCUT2D eigenvalue weighted by molar-refractivity contribution is 7.13. The minimum Gasteiger partial charge on any atom is -0.370 e. The number of guanidine groups is 2. The number of hydrogen-bond acceptors (Lipinski definition) is 4. The van der Waals surface area contributed by atoms with Crippen molar-refractivity contribution < 1.29 is 0 Å². The third-order valence-corrected chi connectivity index (χ3v) is 4.27. The van der Waals surface area contributed by atoms with Crippen LogP contribution in [0.1, 0.15) is 0 Å². The summed E-state index contributed by atoms with van der Waals surface area (Å²) in [6, 6.07) is 15.2. The Morgan fingerprint density at radius 2 is 1.28 bits per heavy atom. The number of nitrogens with two attached hydrogens (primary N) is 2. The highest BCUT2D eigenvalue weighted by Crippen LogP contribution is 2.30. The lowest BCUT2D eigenvalue weighted by Gasteiger charge is -2.04. The molecular formula is C17H17N7S. The summed E-state index contributed by atoms with van der Waals surface area (Å²) in [4.78, 5) is 4.68. The second-order valence-corrected chi connectivity index (χ2v) is 6.13. The van der Waals surface area contributed by atoms with Gasteiger partial charge in [0.05, 0.1) is 5.69 Å². The summed E-state index contributed by atoms with van der Waals surface area (Å²) in [6.45, 7) is 0. The van der Waals surface area contributed by atoms with E-state index in [1.165, 1.54) is 0 Å². The first-order valence-electron chi connectivity index (χ1n) is 7.40. The summed E-state index contributed by atoms with van der Waals surface area (Å²) in [5, 5.41) is 22.9. The average molecular weight is 351 g/mol. The SMILES string of the molecule is N=C(N)Nc1ccc(-c2csc(-c3ccc(NC(=N)N)cc3)n2)cc1. The Morgan fingerprint density at radius 3 is 1.76 bits per heavy atom. The molecule has 25 heavy (non-hydrogen) atoms. The van der Waals surface area contributed by atoms with Crippen molar-refractivity contribution >= 4 is 34.6 Å². The van der Waals surface area contributed by atoms with Crippen molar-refractivity contribution in [3.63, 3.8) is 0 Å². The number of hydrogen-bond donors (Lipinski definition) is 6. The Labute approximate surface area is 148 Å². The van der Waals surface area contributed by atoms with Gasteiger partial charge in [-0.15, -0.1) is 11.3 Å². The first-order valence-corrected chi connectivity index (χ1v) is 8.28. The van der Waals surface area contributed by atoms with Crippen LogP contribution < -0.4 is 22.1 Å². The molecule has 0 aliphatic heterocycles. The zero-order chi connectivity index (χ0) is 17.8. The van der Waals surface area contributed by atoms with Crippen LogP contribution in [-0.4, -0.2) is 16.9 Å². The fraction of sp³-hybridized carbons (Fsp3) is 0. The van der Waals surface area contributed by atoms with Crippen molar-refractivity contribution in [2.45, 2.75) is 0 Å². The predicted molar refractivity (Wildman–Crippen MR) is 104 cm³/mol. The molecule has 0 saturated carbocycles. The highest BCUT2D eigenvalue weighted by Gasteiger charge is 2.07. The third kappa shape index (κ3) is 4.12. The molecule has 2 aromatic carbocycles. The summed E-state index contributed by atoms with van der Waals surface area (Å²) in [7, 11) is 0. The zero-order valence-electron chi connectivity index (χ0n) is 13.2. The van der Waals surface area contributed by atoms with E-state index in [4.69, 9.17) is 22.3 Å². The first-order chi connectivity index (χ1) is 12.0. The lowest BCUT2D eigenvalue weighted by atomic mass is 10.1. The van der Waals surface area contributed by atoms with E-state index in [1.54, 1.807) is 11.3 Å². The molecule has 0 saturated heterocycles. The van der Waals surface area contributed by atoms with Crippen LogP contribution >= 0.6 is 11.3 Å². The Morgan fingerprint density at radius 1 is 0.800 bits per heavy atom. The fourth-order valence-electron chi connectivity index (χ4n) is 2.27. The molecule has 0 spiro atoms. The summed E-state index contributed by atoms with van der Waals surface area (Å²) in [6.07, 6.45) is 0. The zero-order valence-corrected chi connectivity index (χ0v) is 14.0. The van der Waals surface area contributed by atoms with Crippen LogP contribution in [0.2, 0.25) is 0 Å². The Hall–Kier alpha value is -3.39. The second kappa shape index (κ2) is 7.02. The maximum Gasteiger partial charge on any atom is 0.190 e. The average Bonchev–Trinajstić information content (AvgIpc) is 3.05. The van der Waals surface area contributed by atoms with E-state index >= 15 is 0 Å². The normalized spacial score (nSPS) is 10.2. The Balaban J connectivity index is 1.77. The number of nitrogens with one attached hydrogen (secondary N) is 4. The summed E-state index contributed by atoms with van der Waals surface area (Å²) in [5.74, 6) is -0.182. The summed E-state index contributed by atoms with van der Waals surface area (Å²) >= 11 is 1.56. The van der Waals surface area contributed by atoms with Gasteiger partial charge in [-0.3, -0.25) is 10.8 Å². The second-order valence-electron chi connectivity index (χ2n) is 5.27. The van der Waals surface area contributed by atoms with Crippen LogP contribution in [0, 0.1) is 10.8 Å². The number of aromatic nitrogens is 1. The van der Waals surface area contributed by atoms with Gasteiger partial charge in [0.15, 0.2) is 11.9 Å². The first kappa shape index (κ1) is 16.5. The number of nitrogens with zero attached hydrogens (tertiary/aromatic N) is 1. The van der Waals surface area contributed by atoms with Gasteiger partial charge in [0, 0.05) is 27.9 Å². The van der Waals surface area contributed by atoms with Gasteiger partial charge in [0.1, 0.15) is 5.01 Å². The van der Waals surface area contributed by atoms with Crippen molar-refractivity contribution in [3.05, 3.63) is 53.9 Å². The minimum absolute atomic E-state index is 0.0907. The molecular weight excluding hydrogens is 334 g/mol. The molecule has 7 nitrogen and oxygen atoms in total. The van der Waals surface area contributed by atoms with Crippen molar-refractivity contribution in [1.29, 1.82) is 10.8 Å². The molecule has 0 aliphatic rings. The van der Waals surface area contributed by atoms with E-state index in [2.05, 4.69) is 15.6 Å². The maximum absolute atomic E-state index is 7.23. The van der Waals surface area contributed by atoms with Crippen LogP contribution in [0.3, 0.4) is 0 Å². The molecule has 8 N–H and O–H groups in total. The van der Waals surface area contributed by atoms with E-state index in [9.17, 15) is 0 Å². The van der Waals surface area contributed by atoms with Crippen molar-refractivity contribution in [2.75, 3.05) is 10.6 Å². The van der Waals surface area contributed by atoms with Gasteiger partial charge in [0.25, 0.3) is 0 Å². The van der Waals surface area contributed by atoms with Crippen LogP contribution in [0.5, 0.6) is 0 Å². The summed E-state index contributed by atoms with van der Waals surface area (Å²) in [5.41, 5.74) is 15.0. The molecule has 3 rings (SSSR count). The fourth-order valence-corrected chi connectivity index (χ4v) is 3.11. The molecule has 0 unspecified atom stereocenters. The molecule has 0 atom stereocenters. The van der Waals surface area contributed by atoms with Crippen molar-refractivity contribution in [3.8, 4) is 21.8 Å². The number of benzene rings is 2. The smallest absolute Gasteiger partial charge is 0.190 e. The van der Waals surface area contributed by atoms with Gasteiger partial charge in [-0.05, 0) is 36.4 Å². The lowest BCUT2D eigenvalue weighted by molar-refractivity contribution is 1.39. The Bertz CT molecular complexity index is 824. The maximum atomic E-state index is 7.23.